The Morgan fingerprint density at radius 1 is 0.647 bits per heavy atom. The highest BCUT2D eigenvalue weighted by molar-refractivity contribution is 8.11. The normalized spacial score (nSPS) is 10.0. The molecule has 0 aromatic heterocycles. The van der Waals surface area contributed by atoms with Crippen LogP contribution in [0, 0.1) is 0 Å². The van der Waals surface area contributed by atoms with E-state index in [0.717, 1.165) is 13.1 Å². The zero-order valence-corrected chi connectivity index (χ0v) is 13.5. The van der Waals surface area contributed by atoms with Gasteiger partial charge < -0.3 is 10.6 Å². The topological polar surface area (TPSA) is 24.1 Å². The van der Waals surface area contributed by atoms with Gasteiger partial charge in [0.15, 0.2) is 0 Å². The Kier molecular flexibility index (Phi) is 13.3. The van der Waals surface area contributed by atoms with Crippen LogP contribution in [0.15, 0.2) is 0 Å². The van der Waals surface area contributed by atoms with Gasteiger partial charge in [-0.15, -0.1) is 25.3 Å². The van der Waals surface area contributed by atoms with Crippen LogP contribution in [0.1, 0.15) is 44.9 Å². The van der Waals surface area contributed by atoms with Crippen molar-refractivity contribution in [1.82, 2.24) is 10.6 Å². The van der Waals surface area contributed by atoms with Crippen molar-refractivity contribution in [2.75, 3.05) is 13.1 Å². The molecule has 0 aromatic rings. The molecule has 0 amide bonds. The van der Waals surface area contributed by atoms with E-state index in [1.54, 1.807) is 0 Å². The predicted molar refractivity (Wildman–Crippen MR) is 91.5 cm³/mol. The minimum Gasteiger partial charge on any atom is -0.371 e. The first kappa shape index (κ1) is 17.5. The highest BCUT2D eigenvalue weighted by Crippen LogP contribution is 2.06. The average molecular weight is 311 g/mol. The maximum Gasteiger partial charge on any atom is 0.130 e. The quantitative estimate of drug-likeness (QED) is 0.282. The number of hydrogen-bond acceptors (Lipinski definition) is 2. The molecule has 0 saturated heterocycles. The van der Waals surface area contributed by atoms with Crippen LogP contribution in [-0.2, 0) is 0 Å². The number of unbranched alkanes of at least 4 members (excludes halogenated alkanes) is 6. The Labute approximate surface area is 127 Å². The van der Waals surface area contributed by atoms with Gasteiger partial charge in [-0.05, 0) is 12.8 Å². The van der Waals surface area contributed by atoms with Gasteiger partial charge in [-0.2, -0.15) is 0 Å². The summed E-state index contributed by atoms with van der Waals surface area (Å²) >= 11 is 17.6. The van der Waals surface area contributed by atoms with E-state index in [2.05, 4.69) is 35.9 Å². The molecule has 0 aliphatic rings. The third-order valence-corrected chi connectivity index (χ3v) is 3.01. The molecule has 100 valence electrons. The van der Waals surface area contributed by atoms with Gasteiger partial charge >= 0.3 is 0 Å². The van der Waals surface area contributed by atoms with Gasteiger partial charge in [0.1, 0.15) is 8.64 Å². The summed E-state index contributed by atoms with van der Waals surface area (Å²) in [5.74, 6) is 0. The molecule has 0 aliphatic heterocycles. The van der Waals surface area contributed by atoms with Gasteiger partial charge in [-0.3, -0.25) is 0 Å². The standard InChI is InChI=1S/C11H22N2S4/c14-10(15)12-8-6-4-2-1-3-5-7-9-13-11(16)17/h1-9H2,(H2,12,14,15)(H2,13,16,17). The summed E-state index contributed by atoms with van der Waals surface area (Å²) in [6, 6.07) is 0. The van der Waals surface area contributed by atoms with E-state index in [-0.39, 0.29) is 0 Å². The first-order chi connectivity index (χ1) is 8.13. The van der Waals surface area contributed by atoms with Gasteiger partial charge in [0.05, 0.1) is 0 Å². The largest absolute Gasteiger partial charge is 0.371 e. The molecule has 0 aliphatic carbocycles. The summed E-state index contributed by atoms with van der Waals surface area (Å²) in [5.41, 5.74) is 0. The lowest BCUT2D eigenvalue weighted by Crippen LogP contribution is -2.17. The molecule has 0 unspecified atom stereocenters. The highest BCUT2D eigenvalue weighted by Gasteiger charge is 1.93. The van der Waals surface area contributed by atoms with Crippen molar-refractivity contribution >= 4 is 58.3 Å². The first-order valence-electron chi connectivity index (χ1n) is 6.06. The molecule has 0 rings (SSSR count). The molecular formula is C11H22N2S4. The van der Waals surface area contributed by atoms with E-state index >= 15 is 0 Å². The van der Waals surface area contributed by atoms with Crippen molar-refractivity contribution in [1.29, 1.82) is 0 Å². The van der Waals surface area contributed by atoms with Crippen molar-refractivity contribution in [2.45, 2.75) is 44.9 Å². The zero-order chi connectivity index (χ0) is 12.9. The van der Waals surface area contributed by atoms with Crippen LogP contribution in [0.5, 0.6) is 0 Å². The summed E-state index contributed by atoms with van der Waals surface area (Å²) in [6.45, 7) is 1.90. The molecule has 0 spiro atoms. The predicted octanol–water partition coefficient (Wildman–Crippen LogP) is 3.33. The Bertz CT molecular complexity index is 200. The molecular weight excluding hydrogens is 288 g/mol. The number of nitrogens with one attached hydrogen (secondary N) is 2. The van der Waals surface area contributed by atoms with Crippen molar-refractivity contribution < 1.29 is 0 Å². The van der Waals surface area contributed by atoms with E-state index < -0.39 is 0 Å². The smallest absolute Gasteiger partial charge is 0.130 e. The van der Waals surface area contributed by atoms with Crippen LogP contribution in [0.2, 0.25) is 0 Å². The van der Waals surface area contributed by atoms with E-state index in [4.69, 9.17) is 24.4 Å². The second kappa shape index (κ2) is 12.9. The van der Waals surface area contributed by atoms with Crippen molar-refractivity contribution in [2.24, 2.45) is 0 Å². The fourth-order valence-corrected chi connectivity index (χ4v) is 1.95. The summed E-state index contributed by atoms with van der Waals surface area (Å²) in [7, 11) is 0. The summed E-state index contributed by atoms with van der Waals surface area (Å²) in [6.07, 6.45) is 8.81. The van der Waals surface area contributed by atoms with Gasteiger partial charge in [0.2, 0.25) is 0 Å². The van der Waals surface area contributed by atoms with E-state index in [1.807, 2.05) is 0 Å². The first-order valence-corrected chi connectivity index (χ1v) is 7.77. The van der Waals surface area contributed by atoms with Crippen LogP contribution in [0.3, 0.4) is 0 Å². The monoisotopic (exact) mass is 310 g/mol. The van der Waals surface area contributed by atoms with Crippen molar-refractivity contribution in [3.8, 4) is 0 Å². The molecule has 0 heterocycles. The maximum absolute atomic E-state index is 4.81. The van der Waals surface area contributed by atoms with Crippen molar-refractivity contribution in [3.63, 3.8) is 0 Å². The van der Waals surface area contributed by atoms with Crippen LogP contribution >= 0.6 is 49.7 Å². The molecule has 2 nitrogen and oxygen atoms in total. The Morgan fingerprint density at radius 3 is 1.24 bits per heavy atom. The Hall–Kier alpha value is 0.480. The molecule has 0 atom stereocenters. The van der Waals surface area contributed by atoms with Gasteiger partial charge in [0, 0.05) is 13.1 Å². The molecule has 0 fully saturated rings. The third kappa shape index (κ3) is 16.5. The molecule has 2 N–H and O–H groups in total. The number of hydrogen-bond donors (Lipinski definition) is 4. The minimum atomic E-state index is 0.597. The maximum atomic E-state index is 4.81. The zero-order valence-electron chi connectivity index (χ0n) is 10.1. The van der Waals surface area contributed by atoms with Gasteiger partial charge in [0.25, 0.3) is 0 Å². The van der Waals surface area contributed by atoms with Crippen LogP contribution in [0.25, 0.3) is 0 Å². The lowest BCUT2D eigenvalue weighted by molar-refractivity contribution is 0.575. The fraction of sp³-hybridized carbons (Fsp3) is 0.818. The van der Waals surface area contributed by atoms with E-state index in [1.165, 1.54) is 44.9 Å². The Morgan fingerprint density at radius 2 is 0.941 bits per heavy atom. The molecule has 6 heteroatoms. The highest BCUT2D eigenvalue weighted by atomic mass is 32.1. The van der Waals surface area contributed by atoms with Crippen molar-refractivity contribution in [3.05, 3.63) is 0 Å². The number of thiol groups is 2. The summed E-state index contributed by atoms with van der Waals surface area (Å²) in [4.78, 5) is 0. The lowest BCUT2D eigenvalue weighted by Gasteiger charge is -2.04. The van der Waals surface area contributed by atoms with Crippen LogP contribution < -0.4 is 10.6 Å². The molecule has 17 heavy (non-hydrogen) atoms. The second-order valence-electron chi connectivity index (χ2n) is 3.94. The number of thiocarbonyl (C=S) groups is 2. The third-order valence-electron chi connectivity index (χ3n) is 2.41. The molecule has 0 saturated carbocycles. The number of rotatable bonds is 10. The second-order valence-corrected chi connectivity index (χ2v) is 6.25. The molecule has 0 aromatic carbocycles. The van der Waals surface area contributed by atoms with Crippen LogP contribution in [0.4, 0.5) is 0 Å². The SMILES string of the molecule is S=C(S)NCCCCCCCCCNC(=S)S. The van der Waals surface area contributed by atoms with E-state index in [9.17, 15) is 0 Å². The summed E-state index contributed by atoms with van der Waals surface area (Å²) in [5, 5.41) is 6.09. The average Bonchev–Trinajstić information content (AvgIpc) is 2.25. The Balaban J connectivity index is 2.98. The lowest BCUT2D eigenvalue weighted by atomic mass is 10.1. The molecule has 0 radical (unpaired) electrons. The van der Waals surface area contributed by atoms with Gasteiger partial charge in [-0.1, -0.05) is 56.5 Å². The fourth-order valence-electron chi connectivity index (χ4n) is 1.52. The minimum absolute atomic E-state index is 0.597. The molecule has 0 bridgehead atoms. The summed E-state index contributed by atoms with van der Waals surface area (Å²) < 4.78 is 1.19. The van der Waals surface area contributed by atoms with E-state index in [0.29, 0.717) is 8.64 Å². The van der Waals surface area contributed by atoms with Crippen LogP contribution in [-0.4, -0.2) is 21.7 Å². The van der Waals surface area contributed by atoms with Gasteiger partial charge in [-0.25, -0.2) is 0 Å².